The molecule has 1 atom stereocenters. The molecule has 5 nitrogen and oxygen atoms in total. The highest BCUT2D eigenvalue weighted by Crippen LogP contribution is 2.28. The summed E-state index contributed by atoms with van der Waals surface area (Å²) in [4.78, 5) is 21.1. The molecule has 0 saturated heterocycles. The third kappa shape index (κ3) is 1.88. The average Bonchev–Trinajstić information content (AvgIpc) is 2.78. The number of carboxylic acid groups (broad SMARTS) is 1. The first-order valence-corrected chi connectivity index (χ1v) is 4.51. The van der Waals surface area contributed by atoms with E-state index in [1.807, 2.05) is 0 Å². The second-order valence-corrected chi connectivity index (χ2v) is 3.16. The average molecular weight is 220 g/mol. The van der Waals surface area contributed by atoms with Crippen molar-refractivity contribution in [3.63, 3.8) is 0 Å². The highest BCUT2D eigenvalue weighted by molar-refractivity contribution is 5.84. The molecule has 0 aliphatic carbocycles. The number of rotatable bonds is 3. The molecule has 1 aliphatic heterocycles. The number of aldehydes is 1. The quantitative estimate of drug-likeness (QED) is 0.781. The second kappa shape index (κ2) is 4.06. The number of aliphatic carboxylic acids is 1. The predicted octanol–water partition coefficient (Wildman–Crippen LogP) is 1.47. The molecule has 0 radical (unpaired) electrons. The van der Waals surface area contributed by atoms with E-state index in [4.69, 9.17) is 14.6 Å². The molecular weight excluding hydrogens is 212 g/mol. The summed E-state index contributed by atoms with van der Waals surface area (Å²) in [6, 6.07) is 6.58. The maximum atomic E-state index is 10.6. The maximum absolute atomic E-state index is 10.6. The van der Waals surface area contributed by atoms with Gasteiger partial charge in [-0.2, -0.15) is 0 Å². The van der Waals surface area contributed by atoms with Gasteiger partial charge in [0.2, 0.25) is 5.76 Å². The van der Waals surface area contributed by atoms with E-state index < -0.39 is 12.3 Å². The Hall–Kier alpha value is -2.30. The zero-order chi connectivity index (χ0) is 11.5. The minimum atomic E-state index is -1.19. The molecule has 0 spiro atoms. The van der Waals surface area contributed by atoms with Gasteiger partial charge in [-0.05, 0) is 6.07 Å². The Morgan fingerprint density at radius 2 is 2.25 bits per heavy atom. The number of hydrogen-bond acceptors (Lipinski definition) is 4. The predicted molar refractivity (Wildman–Crippen MR) is 52.5 cm³/mol. The Labute approximate surface area is 90.9 Å². The van der Waals surface area contributed by atoms with E-state index in [1.54, 1.807) is 24.3 Å². The topological polar surface area (TPSA) is 72.8 Å². The SMILES string of the molecule is O=Cc1cccc(C2OC=C(C(=O)O)O2)c1. The van der Waals surface area contributed by atoms with Crippen molar-refractivity contribution in [2.45, 2.75) is 6.29 Å². The Morgan fingerprint density at radius 1 is 1.44 bits per heavy atom. The smallest absolute Gasteiger partial charge is 0.374 e. The fourth-order valence-corrected chi connectivity index (χ4v) is 1.32. The van der Waals surface area contributed by atoms with Crippen LogP contribution >= 0.6 is 0 Å². The first-order chi connectivity index (χ1) is 7.70. The lowest BCUT2D eigenvalue weighted by Crippen LogP contribution is -2.04. The summed E-state index contributed by atoms with van der Waals surface area (Å²) in [7, 11) is 0. The van der Waals surface area contributed by atoms with Crippen LogP contribution in [-0.4, -0.2) is 17.4 Å². The molecule has 0 bridgehead atoms. The van der Waals surface area contributed by atoms with Crippen molar-refractivity contribution in [1.29, 1.82) is 0 Å². The molecule has 82 valence electrons. The summed E-state index contributed by atoms with van der Waals surface area (Å²) in [6.45, 7) is 0. The summed E-state index contributed by atoms with van der Waals surface area (Å²) in [6.07, 6.45) is 0.941. The van der Waals surface area contributed by atoms with Crippen molar-refractivity contribution >= 4 is 12.3 Å². The number of ether oxygens (including phenoxy) is 2. The first kappa shape index (κ1) is 10.2. The molecule has 16 heavy (non-hydrogen) atoms. The van der Waals surface area contributed by atoms with Gasteiger partial charge in [0.05, 0.1) is 0 Å². The zero-order valence-electron chi connectivity index (χ0n) is 8.12. The molecule has 1 N–H and O–H groups in total. The molecule has 1 heterocycles. The van der Waals surface area contributed by atoms with Gasteiger partial charge in [-0.15, -0.1) is 0 Å². The van der Waals surface area contributed by atoms with Crippen LogP contribution in [0, 0.1) is 0 Å². The number of carboxylic acids is 1. The molecular formula is C11H8O5. The standard InChI is InChI=1S/C11H8O5/c12-5-7-2-1-3-8(4-7)11-15-6-9(16-11)10(13)14/h1-6,11H,(H,13,14). The lowest BCUT2D eigenvalue weighted by molar-refractivity contribution is -0.139. The summed E-state index contributed by atoms with van der Waals surface area (Å²) in [5.74, 6) is -1.43. The molecule has 1 aromatic rings. The van der Waals surface area contributed by atoms with Gasteiger partial charge in [-0.25, -0.2) is 4.79 Å². The number of carbonyl (C=O) groups excluding carboxylic acids is 1. The van der Waals surface area contributed by atoms with E-state index in [0.717, 1.165) is 6.26 Å². The van der Waals surface area contributed by atoms with Crippen LogP contribution in [0.3, 0.4) is 0 Å². The van der Waals surface area contributed by atoms with Crippen LogP contribution in [0.1, 0.15) is 22.2 Å². The van der Waals surface area contributed by atoms with E-state index in [0.29, 0.717) is 17.4 Å². The van der Waals surface area contributed by atoms with Crippen molar-refractivity contribution in [1.82, 2.24) is 0 Å². The summed E-state index contributed by atoms with van der Waals surface area (Å²) >= 11 is 0. The van der Waals surface area contributed by atoms with Gasteiger partial charge in [0.1, 0.15) is 12.5 Å². The second-order valence-electron chi connectivity index (χ2n) is 3.16. The van der Waals surface area contributed by atoms with Crippen molar-refractivity contribution in [3.8, 4) is 0 Å². The van der Waals surface area contributed by atoms with E-state index in [1.165, 1.54) is 0 Å². The van der Waals surface area contributed by atoms with Crippen LogP contribution in [-0.2, 0) is 14.3 Å². The normalized spacial score (nSPS) is 18.2. The fraction of sp³-hybridized carbons (Fsp3) is 0.0909. The van der Waals surface area contributed by atoms with Gasteiger partial charge in [-0.3, -0.25) is 4.79 Å². The maximum Gasteiger partial charge on any atom is 0.374 e. The van der Waals surface area contributed by atoms with Gasteiger partial charge in [-0.1, -0.05) is 18.2 Å². The summed E-state index contributed by atoms with van der Waals surface area (Å²) < 4.78 is 10.1. The molecule has 1 unspecified atom stereocenters. The van der Waals surface area contributed by atoms with Gasteiger partial charge < -0.3 is 14.6 Å². The largest absolute Gasteiger partial charge is 0.475 e. The molecule has 0 aromatic heterocycles. The van der Waals surface area contributed by atoms with Crippen LogP contribution in [0.15, 0.2) is 36.3 Å². The molecule has 1 aliphatic rings. The van der Waals surface area contributed by atoms with Gasteiger partial charge in [0.25, 0.3) is 6.29 Å². The fourth-order valence-electron chi connectivity index (χ4n) is 1.32. The lowest BCUT2D eigenvalue weighted by Gasteiger charge is -2.11. The third-order valence-corrected chi connectivity index (χ3v) is 2.06. The summed E-state index contributed by atoms with van der Waals surface area (Å²) in [5, 5.41) is 8.65. The third-order valence-electron chi connectivity index (χ3n) is 2.06. The van der Waals surface area contributed by atoms with Crippen molar-refractivity contribution in [2.24, 2.45) is 0 Å². The van der Waals surface area contributed by atoms with E-state index in [2.05, 4.69) is 0 Å². The van der Waals surface area contributed by atoms with Crippen molar-refractivity contribution < 1.29 is 24.2 Å². The van der Waals surface area contributed by atoms with Crippen LogP contribution in [0.25, 0.3) is 0 Å². The highest BCUT2D eigenvalue weighted by atomic mass is 16.7. The van der Waals surface area contributed by atoms with Crippen molar-refractivity contribution in [2.75, 3.05) is 0 Å². The summed E-state index contributed by atoms with van der Waals surface area (Å²) in [5.41, 5.74) is 1.07. The molecule has 2 rings (SSSR count). The minimum Gasteiger partial charge on any atom is -0.475 e. The lowest BCUT2D eigenvalue weighted by atomic mass is 10.1. The van der Waals surface area contributed by atoms with Crippen LogP contribution in [0.5, 0.6) is 0 Å². The van der Waals surface area contributed by atoms with Gasteiger partial charge in [0, 0.05) is 11.1 Å². The molecule has 0 amide bonds. The molecule has 5 heteroatoms. The number of benzene rings is 1. The molecule has 0 fully saturated rings. The Bertz CT molecular complexity index is 463. The Kier molecular flexibility index (Phi) is 2.59. The van der Waals surface area contributed by atoms with Gasteiger partial charge >= 0.3 is 5.97 Å². The monoisotopic (exact) mass is 220 g/mol. The number of hydrogen-bond donors (Lipinski definition) is 1. The Balaban J connectivity index is 2.16. The first-order valence-electron chi connectivity index (χ1n) is 4.51. The van der Waals surface area contributed by atoms with Crippen molar-refractivity contribution in [3.05, 3.63) is 47.4 Å². The van der Waals surface area contributed by atoms with E-state index in [-0.39, 0.29) is 5.76 Å². The van der Waals surface area contributed by atoms with Gasteiger partial charge in [0.15, 0.2) is 0 Å². The molecule has 1 aromatic carbocycles. The van der Waals surface area contributed by atoms with Crippen LogP contribution in [0.2, 0.25) is 0 Å². The van der Waals surface area contributed by atoms with Crippen LogP contribution < -0.4 is 0 Å². The van der Waals surface area contributed by atoms with E-state index in [9.17, 15) is 9.59 Å². The number of carbonyl (C=O) groups is 2. The zero-order valence-corrected chi connectivity index (χ0v) is 8.12. The Morgan fingerprint density at radius 3 is 2.88 bits per heavy atom. The molecule has 0 saturated carbocycles. The highest BCUT2D eigenvalue weighted by Gasteiger charge is 2.25. The van der Waals surface area contributed by atoms with Crippen LogP contribution in [0.4, 0.5) is 0 Å². The van der Waals surface area contributed by atoms with E-state index >= 15 is 0 Å². The minimum absolute atomic E-state index is 0.249.